The summed E-state index contributed by atoms with van der Waals surface area (Å²) in [5.41, 5.74) is 11.4. The topological polar surface area (TPSA) is 74.8 Å². The van der Waals surface area contributed by atoms with Crippen LogP contribution in [0.25, 0.3) is 11.1 Å². The number of para-hydroxylation sites is 1. The summed E-state index contributed by atoms with van der Waals surface area (Å²) in [7, 11) is 0. The first-order chi connectivity index (χ1) is 11.3. The molecule has 0 saturated heterocycles. The summed E-state index contributed by atoms with van der Waals surface area (Å²) in [6.45, 7) is 0.706. The summed E-state index contributed by atoms with van der Waals surface area (Å²) >= 11 is 0. The molecule has 4 nitrogen and oxygen atoms in total. The Morgan fingerprint density at radius 2 is 1.83 bits per heavy atom. The van der Waals surface area contributed by atoms with Crippen molar-refractivity contribution in [2.45, 2.75) is 6.54 Å². The molecule has 1 aromatic heterocycles. The van der Waals surface area contributed by atoms with E-state index in [1.165, 1.54) is 6.21 Å². The molecule has 0 unspecified atom stereocenters. The van der Waals surface area contributed by atoms with Gasteiger partial charge in [0, 0.05) is 47.7 Å². The molecule has 0 bridgehead atoms. The van der Waals surface area contributed by atoms with Crippen LogP contribution in [0.15, 0.2) is 67.0 Å². The van der Waals surface area contributed by atoms with Crippen LogP contribution in [0, 0.1) is 5.41 Å². The molecule has 0 aliphatic heterocycles. The monoisotopic (exact) mass is 302 g/mol. The highest BCUT2D eigenvalue weighted by Gasteiger charge is 2.03. The number of pyridine rings is 1. The highest BCUT2D eigenvalue weighted by Crippen LogP contribution is 2.23. The quantitative estimate of drug-likeness (QED) is 0.493. The van der Waals surface area contributed by atoms with E-state index in [1.807, 2.05) is 60.9 Å². The number of anilines is 2. The van der Waals surface area contributed by atoms with Gasteiger partial charge in [-0.15, -0.1) is 0 Å². The van der Waals surface area contributed by atoms with Crippen molar-refractivity contribution in [3.63, 3.8) is 0 Å². The van der Waals surface area contributed by atoms with E-state index >= 15 is 0 Å². The van der Waals surface area contributed by atoms with Crippen LogP contribution in [0.1, 0.15) is 11.1 Å². The van der Waals surface area contributed by atoms with Gasteiger partial charge in [0.25, 0.3) is 0 Å². The van der Waals surface area contributed by atoms with Crippen molar-refractivity contribution >= 4 is 17.6 Å². The van der Waals surface area contributed by atoms with Crippen molar-refractivity contribution in [2.24, 2.45) is 0 Å². The number of nitrogens with two attached hydrogens (primary N) is 1. The fourth-order valence-electron chi connectivity index (χ4n) is 2.38. The highest BCUT2D eigenvalue weighted by atomic mass is 14.9. The average molecular weight is 302 g/mol. The Morgan fingerprint density at radius 3 is 2.61 bits per heavy atom. The molecule has 0 fully saturated rings. The molecule has 114 valence electrons. The standard InChI is InChI=1S/C19H18N4/c20-10-16-9-15(6-7-19(16)21)17-8-14(11-22-13-17)12-23-18-4-2-1-3-5-18/h1-11,13,20,23H,12,21H2. The van der Waals surface area contributed by atoms with Crippen molar-refractivity contribution in [3.05, 3.63) is 78.1 Å². The molecule has 0 saturated carbocycles. The smallest absolute Gasteiger partial charge is 0.0416 e. The summed E-state index contributed by atoms with van der Waals surface area (Å²) < 4.78 is 0. The Hall–Kier alpha value is -3.14. The summed E-state index contributed by atoms with van der Waals surface area (Å²) in [5, 5.41) is 10.8. The third-order valence-corrected chi connectivity index (χ3v) is 3.64. The minimum absolute atomic E-state index is 0.610. The van der Waals surface area contributed by atoms with E-state index in [9.17, 15) is 0 Å². The van der Waals surface area contributed by atoms with Crippen LogP contribution in [0.3, 0.4) is 0 Å². The van der Waals surface area contributed by atoms with E-state index in [1.54, 1.807) is 0 Å². The van der Waals surface area contributed by atoms with Crippen LogP contribution >= 0.6 is 0 Å². The van der Waals surface area contributed by atoms with E-state index in [0.29, 0.717) is 12.2 Å². The van der Waals surface area contributed by atoms with Gasteiger partial charge < -0.3 is 16.5 Å². The molecular formula is C19H18N4. The second-order valence-electron chi connectivity index (χ2n) is 5.29. The van der Waals surface area contributed by atoms with E-state index in [2.05, 4.69) is 16.4 Å². The van der Waals surface area contributed by atoms with Crippen molar-refractivity contribution in [1.82, 2.24) is 4.98 Å². The summed E-state index contributed by atoms with van der Waals surface area (Å²) in [5.74, 6) is 0. The van der Waals surface area contributed by atoms with Gasteiger partial charge in [0.2, 0.25) is 0 Å². The summed E-state index contributed by atoms with van der Waals surface area (Å²) in [4.78, 5) is 4.32. The Balaban J connectivity index is 1.81. The number of benzene rings is 2. The van der Waals surface area contributed by atoms with E-state index in [-0.39, 0.29) is 0 Å². The minimum atomic E-state index is 0.610. The zero-order chi connectivity index (χ0) is 16.1. The minimum Gasteiger partial charge on any atom is -0.398 e. The number of hydrogen-bond donors (Lipinski definition) is 3. The van der Waals surface area contributed by atoms with Crippen molar-refractivity contribution in [3.8, 4) is 11.1 Å². The number of nitrogen functional groups attached to an aromatic ring is 1. The lowest BCUT2D eigenvalue weighted by Gasteiger charge is -2.09. The fraction of sp³-hybridized carbons (Fsp3) is 0.0526. The van der Waals surface area contributed by atoms with Crippen LogP contribution < -0.4 is 11.1 Å². The third-order valence-electron chi connectivity index (χ3n) is 3.64. The maximum Gasteiger partial charge on any atom is 0.0416 e. The van der Waals surface area contributed by atoms with Crippen molar-refractivity contribution in [2.75, 3.05) is 11.1 Å². The number of nitrogens with zero attached hydrogens (tertiary/aromatic N) is 1. The van der Waals surface area contributed by atoms with Crippen LogP contribution in [0.5, 0.6) is 0 Å². The fourth-order valence-corrected chi connectivity index (χ4v) is 2.38. The molecule has 1 heterocycles. The molecule has 0 atom stereocenters. The van der Waals surface area contributed by atoms with Gasteiger partial charge in [0.15, 0.2) is 0 Å². The number of aromatic nitrogens is 1. The lowest BCUT2D eigenvalue weighted by atomic mass is 10.0. The zero-order valence-corrected chi connectivity index (χ0v) is 12.7. The van der Waals surface area contributed by atoms with Crippen LogP contribution in [0.2, 0.25) is 0 Å². The second kappa shape index (κ2) is 6.75. The summed E-state index contributed by atoms with van der Waals surface area (Å²) in [6, 6.07) is 17.9. The molecule has 2 aromatic carbocycles. The first-order valence-electron chi connectivity index (χ1n) is 7.39. The Morgan fingerprint density at radius 1 is 1.00 bits per heavy atom. The van der Waals surface area contributed by atoms with Crippen LogP contribution in [0.4, 0.5) is 11.4 Å². The molecule has 3 rings (SSSR count). The molecular weight excluding hydrogens is 284 g/mol. The first kappa shape index (κ1) is 14.8. The number of nitrogens with one attached hydrogen (secondary N) is 2. The van der Waals surface area contributed by atoms with Gasteiger partial charge in [-0.25, -0.2) is 0 Å². The predicted octanol–water partition coefficient (Wildman–Crippen LogP) is 3.94. The Bertz CT molecular complexity index is 813. The lowest BCUT2D eigenvalue weighted by molar-refractivity contribution is 1.11. The molecule has 0 radical (unpaired) electrons. The maximum atomic E-state index is 7.42. The maximum absolute atomic E-state index is 7.42. The van der Waals surface area contributed by atoms with Gasteiger partial charge in [-0.1, -0.05) is 24.3 Å². The predicted molar refractivity (Wildman–Crippen MR) is 95.7 cm³/mol. The van der Waals surface area contributed by atoms with Gasteiger partial charge in [-0.05, 0) is 41.5 Å². The molecule has 0 amide bonds. The summed E-state index contributed by atoms with van der Waals surface area (Å²) in [6.07, 6.45) is 4.95. The van der Waals surface area contributed by atoms with Crippen molar-refractivity contribution in [1.29, 1.82) is 5.41 Å². The number of hydrogen-bond acceptors (Lipinski definition) is 4. The Labute approximate surface area is 135 Å². The molecule has 0 spiro atoms. The third kappa shape index (κ3) is 3.55. The van der Waals surface area contributed by atoms with Crippen LogP contribution in [-0.2, 0) is 6.54 Å². The first-order valence-corrected chi connectivity index (χ1v) is 7.39. The molecule has 4 heteroatoms. The van der Waals surface area contributed by atoms with Crippen LogP contribution in [-0.4, -0.2) is 11.2 Å². The number of rotatable bonds is 5. The van der Waals surface area contributed by atoms with Gasteiger partial charge >= 0.3 is 0 Å². The zero-order valence-electron chi connectivity index (χ0n) is 12.7. The Kier molecular flexibility index (Phi) is 4.34. The van der Waals surface area contributed by atoms with Gasteiger partial charge in [-0.3, -0.25) is 4.98 Å². The van der Waals surface area contributed by atoms with E-state index in [4.69, 9.17) is 11.1 Å². The largest absolute Gasteiger partial charge is 0.398 e. The SMILES string of the molecule is N=Cc1cc(-c2cncc(CNc3ccccc3)c2)ccc1N. The average Bonchev–Trinajstić information content (AvgIpc) is 2.61. The molecule has 0 aliphatic rings. The van der Waals surface area contributed by atoms with Crippen molar-refractivity contribution < 1.29 is 0 Å². The van der Waals surface area contributed by atoms with Gasteiger partial charge in [0.1, 0.15) is 0 Å². The molecule has 0 aliphatic carbocycles. The van der Waals surface area contributed by atoms with E-state index < -0.39 is 0 Å². The highest BCUT2D eigenvalue weighted by molar-refractivity contribution is 5.87. The van der Waals surface area contributed by atoms with Gasteiger partial charge in [-0.2, -0.15) is 0 Å². The lowest BCUT2D eigenvalue weighted by Crippen LogP contribution is -2.00. The van der Waals surface area contributed by atoms with Gasteiger partial charge in [0.05, 0.1) is 0 Å². The molecule has 4 N–H and O–H groups in total. The second-order valence-corrected chi connectivity index (χ2v) is 5.29. The van der Waals surface area contributed by atoms with E-state index in [0.717, 1.165) is 27.9 Å². The molecule has 23 heavy (non-hydrogen) atoms. The molecule has 3 aromatic rings. The normalized spacial score (nSPS) is 10.3.